The second-order valence-corrected chi connectivity index (χ2v) is 7.21. The Bertz CT molecular complexity index is 1260. The van der Waals surface area contributed by atoms with Gasteiger partial charge in [0, 0.05) is 41.3 Å². The fourth-order valence-corrected chi connectivity index (χ4v) is 3.69. The number of fused-ring (bicyclic) bond motifs is 1. The molecule has 0 spiro atoms. The molecular formula is C22H19N5O3. The van der Waals surface area contributed by atoms with Gasteiger partial charge in [0.2, 0.25) is 0 Å². The van der Waals surface area contributed by atoms with Crippen molar-refractivity contribution in [2.45, 2.75) is 12.1 Å². The number of amides is 1. The Balaban J connectivity index is 1.41. The van der Waals surface area contributed by atoms with E-state index in [-0.39, 0.29) is 17.5 Å². The summed E-state index contributed by atoms with van der Waals surface area (Å²) in [5, 5.41) is 8.55. The summed E-state index contributed by atoms with van der Waals surface area (Å²) in [6.45, 7) is 0.608. The first kappa shape index (κ1) is 18.3. The van der Waals surface area contributed by atoms with Gasteiger partial charge in [-0.15, -0.1) is 0 Å². The van der Waals surface area contributed by atoms with E-state index in [4.69, 9.17) is 4.74 Å². The Hall–Kier alpha value is -3.78. The van der Waals surface area contributed by atoms with Crippen molar-refractivity contribution in [2.75, 3.05) is 13.2 Å². The third-order valence-corrected chi connectivity index (χ3v) is 5.28. The van der Waals surface area contributed by atoms with E-state index in [1.54, 1.807) is 24.5 Å². The van der Waals surface area contributed by atoms with E-state index in [9.17, 15) is 9.59 Å². The van der Waals surface area contributed by atoms with Gasteiger partial charge in [0.1, 0.15) is 6.04 Å². The van der Waals surface area contributed by atoms with Crippen molar-refractivity contribution in [2.24, 2.45) is 0 Å². The summed E-state index contributed by atoms with van der Waals surface area (Å²) in [4.78, 5) is 32.6. The number of aromatic nitrogens is 4. The predicted molar refractivity (Wildman–Crippen MR) is 111 cm³/mol. The third kappa shape index (κ3) is 3.37. The van der Waals surface area contributed by atoms with Crippen LogP contribution in [0, 0.1) is 0 Å². The maximum Gasteiger partial charge on any atom is 0.267 e. The summed E-state index contributed by atoms with van der Waals surface area (Å²) < 4.78 is 6.98. The van der Waals surface area contributed by atoms with Crippen LogP contribution >= 0.6 is 0 Å². The summed E-state index contributed by atoms with van der Waals surface area (Å²) in [6.07, 6.45) is 5.21. The minimum Gasteiger partial charge on any atom is -0.377 e. The molecule has 2 N–H and O–H groups in total. The summed E-state index contributed by atoms with van der Waals surface area (Å²) in [5.74, 6) is -0.219. The van der Waals surface area contributed by atoms with Crippen LogP contribution in [0.1, 0.15) is 16.4 Å². The highest BCUT2D eigenvalue weighted by Crippen LogP contribution is 2.21. The molecule has 1 saturated heterocycles. The van der Waals surface area contributed by atoms with E-state index < -0.39 is 6.04 Å². The Morgan fingerprint density at radius 2 is 2.10 bits per heavy atom. The van der Waals surface area contributed by atoms with Gasteiger partial charge in [-0.2, -0.15) is 5.10 Å². The summed E-state index contributed by atoms with van der Waals surface area (Å²) in [5.41, 5.74) is 2.64. The topological polar surface area (TPSA) is 102 Å². The highest BCUT2D eigenvalue weighted by Gasteiger charge is 2.33. The number of carbonyl (C=O) groups is 1. The Labute approximate surface area is 171 Å². The molecule has 5 rings (SSSR count). The molecule has 1 amide bonds. The lowest BCUT2D eigenvalue weighted by Gasteiger charge is -2.20. The Morgan fingerprint density at radius 3 is 2.97 bits per heavy atom. The summed E-state index contributed by atoms with van der Waals surface area (Å²) in [6, 6.07) is 13.5. The fraction of sp³-hybridized carbons (Fsp3) is 0.182. The standard InChI is InChI=1S/C22H19N5O3/c28-21-6-5-17(16-2-1-8-23-11-16)26-27(21)20-13-30-12-19(20)25-22(29)15-4-3-14-7-9-24-18(14)10-15/h1-11,19-20,24H,12-13H2,(H,25,29). The smallest absolute Gasteiger partial charge is 0.267 e. The second kappa shape index (κ2) is 7.57. The van der Waals surface area contributed by atoms with Gasteiger partial charge in [0.25, 0.3) is 11.5 Å². The number of ether oxygens (including phenoxy) is 1. The van der Waals surface area contributed by atoms with Crippen molar-refractivity contribution in [1.82, 2.24) is 25.1 Å². The predicted octanol–water partition coefficient (Wildman–Crippen LogP) is 2.16. The van der Waals surface area contributed by atoms with Gasteiger partial charge in [0.05, 0.1) is 24.9 Å². The largest absolute Gasteiger partial charge is 0.377 e. The van der Waals surface area contributed by atoms with Crippen LogP contribution in [0.15, 0.2) is 71.9 Å². The van der Waals surface area contributed by atoms with Gasteiger partial charge in [-0.3, -0.25) is 14.6 Å². The first-order chi connectivity index (χ1) is 14.7. The van der Waals surface area contributed by atoms with Gasteiger partial charge in [-0.1, -0.05) is 6.07 Å². The van der Waals surface area contributed by atoms with Crippen LogP contribution in [0.2, 0.25) is 0 Å². The van der Waals surface area contributed by atoms with Crippen LogP contribution in [0.4, 0.5) is 0 Å². The number of benzene rings is 1. The summed E-state index contributed by atoms with van der Waals surface area (Å²) in [7, 11) is 0. The number of carbonyl (C=O) groups excluding carboxylic acids is 1. The molecule has 1 aromatic carbocycles. The molecule has 30 heavy (non-hydrogen) atoms. The number of rotatable bonds is 4. The van der Waals surface area contributed by atoms with E-state index >= 15 is 0 Å². The molecule has 1 aliphatic rings. The van der Waals surface area contributed by atoms with E-state index in [1.807, 2.05) is 36.5 Å². The quantitative estimate of drug-likeness (QED) is 0.546. The number of hydrogen-bond acceptors (Lipinski definition) is 5. The third-order valence-electron chi connectivity index (χ3n) is 5.28. The van der Waals surface area contributed by atoms with Gasteiger partial charge < -0.3 is 15.0 Å². The summed E-state index contributed by atoms with van der Waals surface area (Å²) >= 11 is 0. The van der Waals surface area contributed by atoms with Crippen LogP contribution in [0.25, 0.3) is 22.2 Å². The van der Waals surface area contributed by atoms with Crippen molar-refractivity contribution in [3.05, 3.63) is 83.0 Å². The van der Waals surface area contributed by atoms with Crippen molar-refractivity contribution in [1.29, 1.82) is 0 Å². The zero-order valence-corrected chi connectivity index (χ0v) is 16.0. The Kier molecular flexibility index (Phi) is 4.61. The van der Waals surface area contributed by atoms with E-state index in [0.29, 0.717) is 24.5 Å². The molecule has 8 heteroatoms. The highest BCUT2D eigenvalue weighted by atomic mass is 16.5. The molecule has 1 aliphatic heterocycles. The van der Waals surface area contributed by atoms with Crippen LogP contribution in [-0.4, -0.2) is 44.9 Å². The van der Waals surface area contributed by atoms with Crippen molar-refractivity contribution in [3.8, 4) is 11.3 Å². The molecule has 3 aromatic heterocycles. The molecule has 0 aliphatic carbocycles. The van der Waals surface area contributed by atoms with Crippen LogP contribution in [0.3, 0.4) is 0 Å². The number of hydrogen-bond donors (Lipinski definition) is 2. The van der Waals surface area contributed by atoms with Gasteiger partial charge in [0.15, 0.2) is 0 Å². The normalized spacial score (nSPS) is 18.5. The average Bonchev–Trinajstić information content (AvgIpc) is 3.43. The molecule has 8 nitrogen and oxygen atoms in total. The molecule has 2 unspecified atom stereocenters. The highest BCUT2D eigenvalue weighted by molar-refractivity contribution is 5.98. The van der Waals surface area contributed by atoms with E-state index in [1.165, 1.54) is 10.7 Å². The van der Waals surface area contributed by atoms with Crippen LogP contribution < -0.4 is 10.9 Å². The molecule has 0 saturated carbocycles. The zero-order chi connectivity index (χ0) is 20.5. The van der Waals surface area contributed by atoms with Crippen molar-refractivity contribution >= 4 is 16.8 Å². The molecule has 150 valence electrons. The number of nitrogens with one attached hydrogen (secondary N) is 2. The molecule has 0 bridgehead atoms. The lowest BCUT2D eigenvalue weighted by atomic mass is 10.1. The molecule has 2 atom stereocenters. The monoisotopic (exact) mass is 401 g/mol. The maximum atomic E-state index is 12.8. The molecule has 0 radical (unpaired) electrons. The molecule has 4 heterocycles. The molecular weight excluding hydrogens is 382 g/mol. The van der Waals surface area contributed by atoms with E-state index in [0.717, 1.165) is 16.5 Å². The Morgan fingerprint density at radius 1 is 1.17 bits per heavy atom. The fourth-order valence-electron chi connectivity index (χ4n) is 3.69. The van der Waals surface area contributed by atoms with Crippen molar-refractivity contribution < 1.29 is 9.53 Å². The average molecular weight is 401 g/mol. The van der Waals surface area contributed by atoms with Gasteiger partial charge >= 0.3 is 0 Å². The molecule has 4 aromatic rings. The second-order valence-electron chi connectivity index (χ2n) is 7.21. The van der Waals surface area contributed by atoms with Gasteiger partial charge in [-0.25, -0.2) is 4.68 Å². The number of H-pyrrole nitrogens is 1. The first-order valence-corrected chi connectivity index (χ1v) is 9.65. The minimum atomic E-state index is -0.396. The number of aromatic amines is 1. The lowest BCUT2D eigenvalue weighted by molar-refractivity contribution is 0.0925. The zero-order valence-electron chi connectivity index (χ0n) is 16.0. The maximum absolute atomic E-state index is 12.8. The lowest BCUT2D eigenvalue weighted by Crippen LogP contribution is -2.44. The number of pyridine rings is 1. The number of nitrogens with zero attached hydrogens (tertiary/aromatic N) is 3. The van der Waals surface area contributed by atoms with Crippen LogP contribution in [0.5, 0.6) is 0 Å². The SMILES string of the molecule is O=C(NC1COCC1n1nc(-c2cccnc2)ccc1=O)c1ccc2cc[nH]c2c1. The van der Waals surface area contributed by atoms with Gasteiger partial charge in [-0.05, 0) is 41.8 Å². The van der Waals surface area contributed by atoms with Crippen LogP contribution in [-0.2, 0) is 4.74 Å². The van der Waals surface area contributed by atoms with Crippen molar-refractivity contribution in [3.63, 3.8) is 0 Å². The first-order valence-electron chi connectivity index (χ1n) is 9.65. The van der Waals surface area contributed by atoms with E-state index in [2.05, 4.69) is 20.4 Å². The molecule has 1 fully saturated rings. The minimum absolute atomic E-state index is 0.219.